The standard InChI is InChI=1S/C19H16N4O2S/c1-25-13-8-9-16(20-11-13)19(24)21-18-15-6-2-3-7-17(15)23(22-18)12-14-5-4-10-26-14/h2-11H,12H2,1H3,(H,21,22,24). The Morgan fingerprint density at radius 1 is 1.19 bits per heavy atom. The maximum Gasteiger partial charge on any atom is 0.275 e. The van der Waals surface area contributed by atoms with Gasteiger partial charge in [0.25, 0.3) is 5.91 Å². The molecule has 0 spiro atoms. The maximum absolute atomic E-state index is 12.5. The van der Waals surface area contributed by atoms with Gasteiger partial charge >= 0.3 is 0 Å². The lowest BCUT2D eigenvalue weighted by Gasteiger charge is -2.03. The van der Waals surface area contributed by atoms with E-state index in [1.54, 1.807) is 30.6 Å². The third-order valence-corrected chi connectivity index (χ3v) is 4.84. The summed E-state index contributed by atoms with van der Waals surface area (Å²) >= 11 is 1.68. The molecule has 3 heterocycles. The first-order chi connectivity index (χ1) is 12.7. The second-order valence-electron chi connectivity index (χ2n) is 5.64. The predicted molar refractivity (Wildman–Crippen MR) is 102 cm³/mol. The first kappa shape index (κ1) is 16.3. The third-order valence-electron chi connectivity index (χ3n) is 3.98. The molecule has 4 rings (SSSR count). The lowest BCUT2D eigenvalue weighted by Crippen LogP contribution is -2.14. The highest BCUT2D eigenvalue weighted by atomic mass is 32.1. The fraction of sp³-hybridized carbons (Fsp3) is 0.105. The lowest BCUT2D eigenvalue weighted by atomic mass is 10.2. The first-order valence-corrected chi connectivity index (χ1v) is 8.92. The molecule has 1 aromatic carbocycles. The van der Waals surface area contributed by atoms with Crippen molar-refractivity contribution in [2.75, 3.05) is 12.4 Å². The molecule has 0 atom stereocenters. The highest BCUT2D eigenvalue weighted by Crippen LogP contribution is 2.24. The van der Waals surface area contributed by atoms with Gasteiger partial charge in [-0.25, -0.2) is 4.98 Å². The zero-order chi connectivity index (χ0) is 17.9. The van der Waals surface area contributed by atoms with Crippen molar-refractivity contribution >= 4 is 34.0 Å². The Kier molecular flexibility index (Phi) is 4.37. The number of ether oxygens (including phenoxy) is 1. The summed E-state index contributed by atoms with van der Waals surface area (Å²) in [5.41, 5.74) is 1.28. The van der Waals surface area contributed by atoms with E-state index >= 15 is 0 Å². The smallest absolute Gasteiger partial charge is 0.275 e. The van der Waals surface area contributed by atoms with Crippen LogP contribution in [0.4, 0.5) is 5.82 Å². The highest BCUT2D eigenvalue weighted by Gasteiger charge is 2.15. The van der Waals surface area contributed by atoms with Crippen LogP contribution in [-0.2, 0) is 6.54 Å². The van der Waals surface area contributed by atoms with Gasteiger partial charge in [-0.05, 0) is 35.7 Å². The second kappa shape index (κ2) is 6.97. The number of para-hydroxylation sites is 1. The number of anilines is 1. The molecule has 4 aromatic rings. The summed E-state index contributed by atoms with van der Waals surface area (Å²) in [6.07, 6.45) is 1.52. The molecule has 3 aromatic heterocycles. The van der Waals surface area contributed by atoms with Crippen LogP contribution in [0.2, 0.25) is 0 Å². The van der Waals surface area contributed by atoms with Gasteiger partial charge < -0.3 is 10.1 Å². The number of hydrogen-bond donors (Lipinski definition) is 1. The zero-order valence-corrected chi connectivity index (χ0v) is 14.9. The van der Waals surface area contributed by atoms with E-state index in [9.17, 15) is 4.79 Å². The van der Waals surface area contributed by atoms with Crippen LogP contribution in [0.3, 0.4) is 0 Å². The topological polar surface area (TPSA) is 69.0 Å². The Balaban J connectivity index is 1.64. The minimum Gasteiger partial charge on any atom is -0.495 e. The van der Waals surface area contributed by atoms with Crippen LogP contribution in [0.5, 0.6) is 5.75 Å². The summed E-state index contributed by atoms with van der Waals surface area (Å²) in [7, 11) is 1.56. The van der Waals surface area contributed by atoms with Crippen LogP contribution in [-0.4, -0.2) is 27.8 Å². The van der Waals surface area contributed by atoms with Crippen molar-refractivity contribution in [3.05, 3.63) is 70.7 Å². The minimum absolute atomic E-state index is 0.306. The zero-order valence-electron chi connectivity index (χ0n) is 14.0. The average Bonchev–Trinajstić information content (AvgIpc) is 3.31. The van der Waals surface area contributed by atoms with E-state index in [-0.39, 0.29) is 5.91 Å². The van der Waals surface area contributed by atoms with Gasteiger partial charge in [-0.2, -0.15) is 5.10 Å². The summed E-state index contributed by atoms with van der Waals surface area (Å²) in [5.74, 6) is 0.825. The van der Waals surface area contributed by atoms with E-state index < -0.39 is 0 Å². The Morgan fingerprint density at radius 3 is 2.81 bits per heavy atom. The Morgan fingerprint density at radius 2 is 2.08 bits per heavy atom. The summed E-state index contributed by atoms with van der Waals surface area (Å²) in [5, 5.41) is 10.4. The number of amides is 1. The molecule has 7 heteroatoms. The fourth-order valence-electron chi connectivity index (χ4n) is 2.70. The number of methoxy groups -OCH3 is 1. The van der Waals surface area contributed by atoms with Crippen molar-refractivity contribution < 1.29 is 9.53 Å². The van der Waals surface area contributed by atoms with Crippen molar-refractivity contribution in [1.82, 2.24) is 14.8 Å². The Hall–Kier alpha value is -3.19. The van der Waals surface area contributed by atoms with Crippen molar-refractivity contribution in [3.8, 4) is 5.75 Å². The number of pyridine rings is 1. The molecule has 26 heavy (non-hydrogen) atoms. The third kappa shape index (κ3) is 3.16. The number of nitrogens with zero attached hydrogens (tertiary/aromatic N) is 3. The average molecular weight is 364 g/mol. The van der Waals surface area contributed by atoms with Crippen LogP contribution >= 0.6 is 11.3 Å². The number of carbonyl (C=O) groups is 1. The van der Waals surface area contributed by atoms with Gasteiger partial charge in [0.2, 0.25) is 0 Å². The van der Waals surface area contributed by atoms with Crippen molar-refractivity contribution in [2.24, 2.45) is 0 Å². The molecule has 0 aliphatic heterocycles. The molecule has 0 aliphatic rings. The number of hydrogen-bond acceptors (Lipinski definition) is 5. The van der Waals surface area contributed by atoms with Gasteiger partial charge in [0.1, 0.15) is 11.4 Å². The molecule has 0 fully saturated rings. The quantitative estimate of drug-likeness (QED) is 0.585. The molecule has 0 bridgehead atoms. The molecular weight excluding hydrogens is 348 g/mol. The maximum atomic E-state index is 12.5. The number of thiophene rings is 1. The molecular formula is C19H16N4O2S. The molecule has 0 unspecified atom stereocenters. The van der Waals surface area contributed by atoms with E-state index in [2.05, 4.69) is 21.5 Å². The van der Waals surface area contributed by atoms with Gasteiger partial charge in [-0.15, -0.1) is 11.3 Å². The van der Waals surface area contributed by atoms with Gasteiger partial charge in [-0.1, -0.05) is 18.2 Å². The molecule has 0 saturated carbocycles. The van der Waals surface area contributed by atoms with Crippen LogP contribution < -0.4 is 10.1 Å². The molecule has 6 nitrogen and oxygen atoms in total. The lowest BCUT2D eigenvalue weighted by molar-refractivity contribution is 0.102. The van der Waals surface area contributed by atoms with Crippen LogP contribution in [0, 0.1) is 0 Å². The van der Waals surface area contributed by atoms with E-state index in [1.165, 1.54) is 11.1 Å². The second-order valence-corrected chi connectivity index (χ2v) is 6.67. The largest absolute Gasteiger partial charge is 0.495 e. The van der Waals surface area contributed by atoms with Gasteiger partial charge in [-0.3, -0.25) is 9.48 Å². The van der Waals surface area contributed by atoms with Crippen LogP contribution in [0.15, 0.2) is 60.1 Å². The summed E-state index contributed by atoms with van der Waals surface area (Å²) in [4.78, 5) is 17.8. The van der Waals surface area contributed by atoms with Gasteiger partial charge in [0.05, 0.1) is 25.4 Å². The van der Waals surface area contributed by atoms with Crippen molar-refractivity contribution in [1.29, 1.82) is 0 Å². The van der Waals surface area contributed by atoms with E-state index in [4.69, 9.17) is 4.74 Å². The summed E-state index contributed by atoms with van der Waals surface area (Å²) in [6.45, 7) is 0.662. The Bertz CT molecular complexity index is 1040. The normalized spacial score (nSPS) is 10.8. The number of aromatic nitrogens is 3. The first-order valence-electron chi connectivity index (χ1n) is 8.04. The summed E-state index contributed by atoms with van der Waals surface area (Å²) in [6, 6.07) is 15.3. The molecule has 0 aliphatic carbocycles. The molecule has 1 amide bonds. The van der Waals surface area contributed by atoms with E-state index in [1.807, 2.05) is 40.4 Å². The number of fused-ring (bicyclic) bond motifs is 1. The van der Waals surface area contributed by atoms with Gasteiger partial charge in [0, 0.05) is 10.3 Å². The predicted octanol–water partition coefficient (Wildman–Crippen LogP) is 3.80. The fourth-order valence-corrected chi connectivity index (χ4v) is 3.38. The van der Waals surface area contributed by atoms with E-state index in [0.29, 0.717) is 23.8 Å². The van der Waals surface area contributed by atoms with Gasteiger partial charge in [0.15, 0.2) is 5.82 Å². The molecule has 130 valence electrons. The summed E-state index contributed by atoms with van der Waals surface area (Å²) < 4.78 is 6.97. The molecule has 1 N–H and O–H groups in total. The Labute approximate surface area is 154 Å². The molecule has 0 radical (unpaired) electrons. The van der Waals surface area contributed by atoms with Crippen LogP contribution in [0.25, 0.3) is 10.9 Å². The van der Waals surface area contributed by atoms with Crippen molar-refractivity contribution in [2.45, 2.75) is 6.54 Å². The SMILES string of the molecule is COc1ccc(C(=O)Nc2nn(Cc3cccs3)c3ccccc23)nc1. The molecule has 0 saturated heterocycles. The number of carbonyl (C=O) groups excluding carboxylic acids is 1. The highest BCUT2D eigenvalue weighted by molar-refractivity contribution is 7.09. The monoisotopic (exact) mass is 364 g/mol. The van der Waals surface area contributed by atoms with Crippen LogP contribution in [0.1, 0.15) is 15.4 Å². The van der Waals surface area contributed by atoms with Crippen molar-refractivity contribution in [3.63, 3.8) is 0 Å². The minimum atomic E-state index is -0.306. The van der Waals surface area contributed by atoms with E-state index in [0.717, 1.165) is 10.9 Å². The number of nitrogens with one attached hydrogen (secondary N) is 1. The number of benzene rings is 1. The number of rotatable bonds is 5.